The molecule has 0 N–H and O–H groups in total. The van der Waals surface area contributed by atoms with Gasteiger partial charge in [0.25, 0.3) is 0 Å². The number of aryl methyl sites for hydroxylation is 1. The highest BCUT2D eigenvalue weighted by atomic mass is 16.2. The highest BCUT2D eigenvalue weighted by Crippen LogP contribution is 2.16. The third kappa shape index (κ3) is 4.36. The van der Waals surface area contributed by atoms with Crippen LogP contribution in [0, 0.1) is 0 Å². The van der Waals surface area contributed by atoms with Gasteiger partial charge in [-0.3, -0.25) is 4.79 Å². The molecule has 0 atom stereocenters. The molecule has 1 aromatic carbocycles. The lowest BCUT2D eigenvalue weighted by molar-refractivity contribution is -0.131. The SMILES string of the molecule is O=C(CCCc1ccccc1)N1CCN(c2cc(-n3cccn3)ncn2)CC1. The Bertz CT molecular complexity index is 888. The van der Waals surface area contributed by atoms with Gasteiger partial charge < -0.3 is 9.80 Å². The molecule has 1 aliphatic heterocycles. The molecule has 4 rings (SSSR count). The molecule has 7 heteroatoms. The van der Waals surface area contributed by atoms with Crippen LogP contribution in [0.4, 0.5) is 5.82 Å². The third-order valence-corrected chi connectivity index (χ3v) is 5.03. The van der Waals surface area contributed by atoms with Crippen LogP contribution in [0.5, 0.6) is 0 Å². The smallest absolute Gasteiger partial charge is 0.222 e. The Morgan fingerprint density at radius 1 is 0.964 bits per heavy atom. The minimum Gasteiger partial charge on any atom is -0.353 e. The van der Waals surface area contributed by atoms with E-state index in [2.05, 4.69) is 32.1 Å². The van der Waals surface area contributed by atoms with Crippen molar-refractivity contribution in [1.29, 1.82) is 0 Å². The zero-order valence-corrected chi connectivity index (χ0v) is 15.8. The zero-order valence-electron chi connectivity index (χ0n) is 15.8. The molecular weight excluding hydrogens is 352 g/mol. The van der Waals surface area contributed by atoms with Gasteiger partial charge >= 0.3 is 0 Å². The molecule has 0 unspecified atom stereocenters. The van der Waals surface area contributed by atoms with Crippen molar-refractivity contribution in [1.82, 2.24) is 24.6 Å². The van der Waals surface area contributed by atoms with Gasteiger partial charge in [0.05, 0.1) is 0 Å². The Balaban J connectivity index is 1.27. The van der Waals surface area contributed by atoms with Gasteiger partial charge in [-0.1, -0.05) is 30.3 Å². The van der Waals surface area contributed by atoms with Crippen LogP contribution >= 0.6 is 0 Å². The average Bonchev–Trinajstić information content (AvgIpc) is 3.30. The predicted molar refractivity (Wildman–Crippen MR) is 107 cm³/mol. The zero-order chi connectivity index (χ0) is 19.2. The van der Waals surface area contributed by atoms with Crippen molar-refractivity contribution in [3.63, 3.8) is 0 Å². The van der Waals surface area contributed by atoms with Crippen LogP contribution in [0.1, 0.15) is 18.4 Å². The van der Waals surface area contributed by atoms with E-state index in [9.17, 15) is 4.79 Å². The summed E-state index contributed by atoms with van der Waals surface area (Å²) in [5, 5.41) is 4.21. The predicted octanol–water partition coefficient (Wildman–Crippen LogP) is 2.33. The lowest BCUT2D eigenvalue weighted by atomic mass is 10.1. The van der Waals surface area contributed by atoms with E-state index < -0.39 is 0 Å². The first-order chi connectivity index (χ1) is 13.8. The van der Waals surface area contributed by atoms with E-state index in [0.717, 1.165) is 50.7 Å². The summed E-state index contributed by atoms with van der Waals surface area (Å²) in [5.74, 6) is 1.86. The second-order valence-corrected chi connectivity index (χ2v) is 6.89. The molecule has 1 aliphatic rings. The lowest BCUT2D eigenvalue weighted by Crippen LogP contribution is -2.49. The van der Waals surface area contributed by atoms with E-state index in [1.54, 1.807) is 17.2 Å². The molecule has 0 aliphatic carbocycles. The summed E-state index contributed by atoms with van der Waals surface area (Å²) in [7, 11) is 0. The molecule has 1 amide bonds. The summed E-state index contributed by atoms with van der Waals surface area (Å²) in [6, 6.07) is 14.1. The summed E-state index contributed by atoms with van der Waals surface area (Å²) in [6.45, 7) is 3.01. The number of piperazine rings is 1. The van der Waals surface area contributed by atoms with Crippen LogP contribution < -0.4 is 4.90 Å². The first-order valence-corrected chi connectivity index (χ1v) is 9.68. The summed E-state index contributed by atoms with van der Waals surface area (Å²) in [4.78, 5) is 25.4. The average molecular weight is 376 g/mol. The van der Waals surface area contributed by atoms with E-state index in [4.69, 9.17) is 0 Å². The third-order valence-electron chi connectivity index (χ3n) is 5.03. The molecule has 1 fully saturated rings. The Morgan fingerprint density at radius 3 is 2.50 bits per heavy atom. The van der Waals surface area contributed by atoms with Gasteiger partial charge in [-0.25, -0.2) is 14.6 Å². The molecule has 0 spiro atoms. The maximum atomic E-state index is 12.5. The second kappa shape index (κ2) is 8.65. The highest BCUT2D eigenvalue weighted by Gasteiger charge is 2.22. The molecule has 0 radical (unpaired) electrons. The van der Waals surface area contributed by atoms with Crippen molar-refractivity contribution in [3.05, 3.63) is 66.7 Å². The summed E-state index contributed by atoms with van der Waals surface area (Å²) in [6.07, 6.45) is 7.59. The van der Waals surface area contributed by atoms with Gasteiger partial charge in [0.2, 0.25) is 5.91 Å². The van der Waals surface area contributed by atoms with Crippen molar-refractivity contribution in [3.8, 4) is 5.82 Å². The fourth-order valence-electron chi connectivity index (χ4n) is 3.47. The molecule has 0 saturated carbocycles. The fourth-order valence-corrected chi connectivity index (χ4v) is 3.47. The van der Waals surface area contributed by atoms with Gasteiger partial charge in [0.15, 0.2) is 5.82 Å². The topological polar surface area (TPSA) is 67.2 Å². The van der Waals surface area contributed by atoms with Gasteiger partial charge in [-0.05, 0) is 24.5 Å². The molecule has 3 heterocycles. The number of anilines is 1. The Labute approximate surface area is 164 Å². The van der Waals surface area contributed by atoms with Gasteiger partial charge in [0.1, 0.15) is 12.1 Å². The number of carbonyl (C=O) groups is 1. The van der Waals surface area contributed by atoms with E-state index >= 15 is 0 Å². The molecule has 7 nitrogen and oxygen atoms in total. The largest absolute Gasteiger partial charge is 0.353 e. The molecule has 1 saturated heterocycles. The van der Waals surface area contributed by atoms with E-state index in [1.165, 1.54) is 5.56 Å². The summed E-state index contributed by atoms with van der Waals surface area (Å²) >= 11 is 0. The monoisotopic (exact) mass is 376 g/mol. The number of nitrogens with zero attached hydrogens (tertiary/aromatic N) is 6. The Morgan fingerprint density at radius 2 is 1.75 bits per heavy atom. The number of amides is 1. The number of hydrogen-bond acceptors (Lipinski definition) is 5. The van der Waals surface area contributed by atoms with E-state index in [0.29, 0.717) is 6.42 Å². The van der Waals surface area contributed by atoms with Crippen molar-refractivity contribution in [2.24, 2.45) is 0 Å². The number of rotatable bonds is 6. The maximum absolute atomic E-state index is 12.5. The molecular formula is C21H24N6O. The Hall–Kier alpha value is -3.22. The van der Waals surface area contributed by atoms with Gasteiger partial charge in [-0.15, -0.1) is 0 Å². The van der Waals surface area contributed by atoms with Crippen molar-refractivity contribution >= 4 is 11.7 Å². The maximum Gasteiger partial charge on any atom is 0.222 e. The molecule has 0 bridgehead atoms. The second-order valence-electron chi connectivity index (χ2n) is 6.89. The van der Waals surface area contributed by atoms with Crippen molar-refractivity contribution in [2.75, 3.05) is 31.1 Å². The van der Waals surface area contributed by atoms with Crippen LogP contribution in [-0.4, -0.2) is 56.7 Å². The highest BCUT2D eigenvalue weighted by molar-refractivity contribution is 5.76. The molecule has 2 aromatic heterocycles. The minimum absolute atomic E-state index is 0.246. The molecule has 28 heavy (non-hydrogen) atoms. The van der Waals surface area contributed by atoms with Crippen molar-refractivity contribution in [2.45, 2.75) is 19.3 Å². The standard InChI is InChI=1S/C21H24N6O/c28-21(9-4-8-18-6-2-1-3-7-18)26-14-12-25(13-15-26)19-16-20(23-17-22-19)27-11-5-10-24-27/h1-3,5-7,10-11,16-17H,4,8-9,12-15H2. The van der Waals surface area contributed by atoms with Crippen LogP contribution in [0.15, 0.2) is 61.2 Å². The quantitative estimate of drug-likeness (QED) is 0.661. The van der Waals surface area contributed by atoms with Crippen molar-refractivity contribution < 1.29 is 4.79 Å². The summed E-state index contributed by atoms with van der Waals surface area (Å²) < 4.78 is 1.72. The Kier molecular flexibility index (Phi) is 5.61. The number of carbonyl (C=O) groups excluding carboxylic acids is 1. The minimum atomic E-state index is 0.246. The number of aromatic nitrogens is 4. The van der Waals surface area contributed by atoms with Gasteiger partial charge in [-0.2, -0.15) is 5.10 Å². The van der Waals surface area contributed by atoms with Crippen LogP contribution in [0.2, 0.25) is 0 Å². The molecule has 144 valence electrons. The lowest BCUT2D eigenvalue weighted by Gasteiger charge is -2.35. The van der Waals surface area contributed by atoms with E-state index in [1.807, 2.05) is 41.4 Å². The normalized spacial score (nSPS) is 14.3. The van der Waals surface area contributed by atoms with Crippen LogP contribution in [0.25, 0.3) is 5.82 Å². The number of hydrogen-bond donors (Lipinski definition) is 0. The first-order valence-electron chi connectivity index (χ1n) is 9.68. The molecule has 3 aromatic rings. The summed E-state index contributed by atoms with van der Waals surface area (Å²) in [5.41, 5.74) is 1.29. The van der Waals surface area contributed by atoms with Crippen LogP contribution in [0.3, 0.4) is 0 Å². The van der Waals surface area contributed by atoms with Crippen LogP contribution in [-0.2, 0) is 11.2 Å². The number of benzene rings is 1. The fraction of sp³-hybridized carbons (Fsp3) is 0.333. The first kappa shape index (κ1) is 18.2. The van der Waals surface area contributed by atoms with Gasteiger partial charge in [0, 0.05) is 51.1 Å². The van der Waals surface area contributed by atoms with E-state index in [-0.39, 0.29) is 5.91 Å².